The number of rotatable bonds is 5. The molecule has 7 heteroatoms. The average Bonchev–Trinajstić information content (AvgIpc) is 3.40. The van der Waals surface area contributed by atoms with E-state index >= 15 is 0 Å². The topological polar surface area (TPSA) is 73.6 Å². The van der Waals surface area contributed by atoms with E-state index in [9.17, 15) is 4.79 Å². The first-order valence-electron chi connectivity index (χ1n) is 9.15. The lowest BCUT2D eigenvalue weighted by atomic mass is 10.1. The maximum absolute atomic E-state index is 12.4. The molecule has 27 heavy (non-hydrogen) atoms. The van der Waals surface area contributed by atoms with Crippen molar-refractivity contribution in [2.45, 2.75) is 19.4 Å². The summed E-state index contributed by atoms with van der Waals surface area (Å²) in [5.74, 6) is 1.45. The summed E-state index contributed by atoms with van der Waals surface area (Å²) in [4.78, 5) is 18.8. The summed E-state index contributed by atoms with van der Waals surface area (Å²) in [6, 6.07) is 7.59. The Hall–Kier alpha value is -3.22. The molecular weight excluding hydrogens is 342 g/mol. The van der Waals surface area contributed by atoms with Crippen LogP contribution in [0.15, 0.2) is 59.1 Å². The quantitative estimate of drug-likeness (QED) is 0.847. The Kier molecular flexibility index (Phi) is 4.82. The largest absolute Gasteiger partial charge is 0.447 e. The maximum Gasteiger partial charge on any atom is 0.251 e. The van der Waals surface area contributed by atoms with Gasteiger partial charge < -0.3 is 14.6 Å². The van der Waals surface area contributed by atoms with Crippen molar-refractivity contribution in [3.05, 3.63) is 71.7 Å². The van der Waals surface area contributed by atoms with Crippen LogP contribution in [0.3, 0.4) is 0 Å². The predicted molar refractivity (Wildman–Crippen MR) is 102 cm³/mol. The van der Waals surface area contributed by atoms with Crippen LogP contribution in [0.2, 0.25) is 0 Å². The van der Waals surface area contributed by atoms with Gasteiger partial charge in [-0.1, -0.05) is 12.1 Å². The van der Waals surface area contributed by atoms with Crippen LogP contribution in [0.1, 0.15) is 34.7 Å². The molecule has 7 nitrogen and oxygen atoms in total. The number of hydrogen-bond donors (Lipinski definition) is 2. The number of carbonyl (C=O) groups is 1. The Bertz CT molecular complexity index is 866. The molecule has 2 N–H and O–H groups in total. The van der Waals surface area contributed by atoms with Gasteiger partial charge in [0.2, 0.25) is 5.89 Å². The Balaban J connectivity index is 1.49. The summed E-state index contributed by atoms with van der Waals surface area (Å²) in [7, 11) is 1.99. The Morgan fingerprint density at radius 1 is 1.30 bits per heavy atom. The SMILES string of the molecule is CN1NC(N2CCCC2)=CC=C1c1cccc(C(=O)NCc2ncco2)c1. The lowest BCUT2D eigenvalue weighted by Gasteiger charge is -2.33. The van der Waals surface area contributed by atoms with E-state index in [1.807, 2.05) is 30.3 Å². The molecule has 2 aromatic rings. The van der Waals surface area contributed by atoms with Gasteiger partial charge in [-0.2, -0.15) is 0 Å². The first-order valence-corrected chi connectivity index (χ1v) is 9.15. The zero-order chi connectivity index (χ0) is 18.6. The van der Waals surface area contributed by atoms with Crippen molar-refractivity contribution in [2.24, 2.45) is 0 Å². The van der Waals surface area contributed by atoms with Crippen molar-refractivity contribution in [2.75, 3.05) is 20.1 Å². The van der Waals surface area contributed by atoms with Gasteiger partial charge in [0.05, 0.1) is 18.4 Å². The van der Waals surface area contributed by atoms with Crippen LogP contribution < -0.4 is 10.7 Å². The number of oxazole rings is 1. The number of benzene rings is 1. The summed E-state index contributed by atoms with van der Waals surface area (Å²) in [6.07, 6.45) is 9.73. The van der Waals surface area contributed by atoms with Gasteiger partial charge >= 0.3 is 0 Å². The van der Waals surface area contributed by atoms with Crippen LogP contribution in [0.4, 0.5) is 0 Å². The predicted octanol–water partition coefficient (Wildman–Crippen LogP) is 2.33. The molecule has 140 valence electrons. The number of hydrogen-bond acceptors (Lipinski definition) is 6. The van der Waals surface area contributed by atoms with Gasteiger partial charge in [0.15, 0.2) is 0 Å². The van der Waals surface area contributed by atoms with Crippen molar-refractivity contribution in [1.82, 2.24) is 25.6 Å². The smallest absolute Gasteiger partial charge is 0.251 e. The first-order chi connectivity index (χ1) is 13.2. The van der Waals surface area contributed by atoms with Crippen LogP contribution >= 0.6 is 0 Å². The molecule has 1 fully saturated rings. The number of carbonyl (C=O) groups excluding carboxylic acids is 1. The van der Waals surface area contributed by atoms with E-state index in [1.165, 1.54) is 19.1 Å². The van der Waals surface area contributed by atoms with Crippen LogP contribution in [-0.4, -0.2) is 40.9 Å². The molecule has 4 rings (SSSR count). The van der Waals surface area contributed by atoms with Crippen LogP contribution in [0.5, 0.6) is 0 Å². The monoisotopic (exact) mass is 365 g/mol. The van der Waals surface area contributed by atoms with Gasteiger partial charge in [-0.3, -0.25) is 15.2 Å². The van der Waals surface area contributed by atoms with Gasteiger partial charge in [0, 0.05) is 31.3 Å². The third kappa shape index (κ3) is 3.81. The second-order valence-corrected chi connectivity index (χ2v) is 6.66. The third-order valence-electron chi connectivity index (χ3n) is 4.79. The number of likely N-dealkylation sites (tertiary alicyclic amines) is 1. The molecular formula is C20H23N5O2. The minimum Gasteiger partial charge on any atom is -0.447 e. The minimum atomic E-state index is -0.157. The fourth-order valence-corrected chi connectivity index (χ4v) is 3.38. The van der Waals surface area contributed by atoms with Gasteiger partial charge in [-0.05, 0) is 37.1 Å². The molecule has 2 aliphatic rings. The molecule has 0 spiro atoms. The second-order valence-electron chi connectivity index (χ2n) is 6.66. The summed E-state index contributed by atoms with van der Waals surface area (Å²) in [5, 5.41) is 4.82. The molecule has 1 saturated heterocycles. The highest BCUT2D eigenvalue weighted by atomic mass is 16.3. The van der Waals surface area contributed by atoms with E-state index in [2.05, 4.69) is 32.8 Å². The summed E-state index contributed by atoms with van der Waals surface area (Å²) >= 11 is 0. The average molecular weight is 365 g/mol. The highest BCUT2D eigenvalue weighted by molar-refractivity contribution is 5.95. The molecule has 0 bridgehead atoms. The fourth-order valence-electron chi connectivity index (χ4n) is 3.38. The Morgan fingerprint density at radius 3 is 2.89 bits per heavy atom. The zero-order valence-electron chi connectivity index (χ0n) is 15.3. The van der Waals surface area contributed by atoms with E-state index in [0.29, 0.717) is 11.5 Å². The molecule has 2 aliphatic heterocycles. The minimum absolute atomic E-state index is 0.157. The lowest BCUT2D eigenvalue weighted by molar-refractivity contribution is 0.0947. The Morgan fingerprint density at radius 2 is 2.15 bits per heavy atom. The van der Waals surface area contributed by atoms with Crippen LogP contribution in [0, 0.1) is 0 Å². The molecule has 0 saturated carbocycles. The summed E-state index contributed by atoms with van der Waals surface area (Å²) < 4.78 is 5.14. The highest BCUT2D eigenvalue weighted by Gasteiger charge is 2.20. The summed E-state index contributed by atoms with van der Waals surface area (Å²) in [5.41, 5.74) is 6.02. The molecule has 0 radical (unpaired) electrons. The third-order valence-corrected chi connectivity index (χ3v) is 4.79. The number of allylic oxidation sites excluding steroid dienone is 2. The number of hydrazine groups is 1. The second kappa shape index (κ2) is 7.57. The van der Waals surface area contributed by atoms with Crippen LogP contribution in [-0.2, 0) is 6.54 Å². The molecule has 1 aromatic heterocycles. The Labute approximate surface area is 158 Å². The maximum atomic E-state index is 12.4. The normalized spacial score (nSPS) is 16.6. The van der Waals surface area contributed by atoms with Crippen LogP contribution in [0.25, 0.3) is 5.70 Å². The van der Waals surface area contributed by atoms with E-state index in [0.717, 1.165) is 30.2 Å². The van der Waals surface area contributed by atoms with E-state index in [1.54, 1.807) is 12.3 Å². The zero-order valence-corrected chi connectivity index (χ0v) is 15.3. The van der Waals surface area contributed by atoms with Crippen molar-refractivity contribution >= 4 is 11.6 Å². The number of nitrogens with one attached hydrogen (secondary N) is 2. The van der Waals surface area contributed by atoms with Crippen molar-refractivity contribution < 1.29 is 9.21 Å². The number of aromatic nitrogens is 1. The van der Waals surface area contributed by atoms with Gasteiger partial charge in [-0.15, -0.1) is 0 Å². The van der Waals surface area contributed by atoms with Gasteiger partial charge in [0.1, 0.15) is 12.1 Å². The summed E-state index contributed by atoms with van der Waals surface area (Å²) in [6.45, 7) is 2.45. The van der Waals surface area contributed by atoms with Crippen molar-refractivity contribution in [3.8, 4) is 0 Å². The van der Waals surface area contributed by atoms with E-state index in [4.69, 9.17) is 4.42 Å². The molecule has 0 aliphatic carbocycles. The molecule has 1 amide bonds. The first kappa shape index (κ1) is 17.2. The van der Waals surface area contributed by atoms with Crippen molar-refractivity contribution in [1.29, 1.82) is 0 Å². The highest BCUT2D eigenvalue weighted by Crippen LogP contribution is 2.24. The van der Waals surface area contributed by atoms with Gasteiger partial charge in [0.25, 0.3) is 5.91 Å². The van der Waals surface area contributed by atoms with E-state index in [-0.39, 0.29) is 12.5 Å². The molecule has 0 atom stereocenters. The number of amides is 1. The van der Waals surface area contributed by atoms with Gasteiger partial charge in [-0.25, -0.2) is 4.98 Å². The van der Waals surface area contributed by atoms with Crippen molar-refractivity contribution in [3.63, 3.8) is 0 Å². The molecule has 0 unspecified atom stereocenters. The fraction of sp³-hybridized carbons (Fsp3) is 0.300. The standard InChI is InChI=1S/C20H23N5O2/c1-24-17(7-8-18(23-24)25-10-2-3-11-25)15-5-4-6-16(13-15)20(26)22-14-19-21-9-12-27-19/h4-9,12-13,23H,2-3,10-11,14H2,1H3,(H,22,26). The lowest BCUT2D eigenvalue weighted by Crippen LogP contribution is -2.40. The number of nitrogens with zero attached hydrogens (tertiary/aromatic N) is 3. The van der Waals surface area contributed by atoms with E-state index < -0.39 is 0 Å². The molecule has 1 aromatic carbocycles. The molecule has 3 heterocycles.